The van der Waals surface area contributed by atoms with E-state index in [0.717, 1.165) is 11.3 Å². The Labute approximate surface area is 113 Å². The van der Waals surface area contributed by atoms with Crippen molar-refractivity contribution in [1.29, 1.82) is 0 Å². The zero-order valence-electron chi connectivity index (χ0n) is 11.1. The van der Waals surface area contributed by atoms with Gasteiger partial charge in [0.2, 0.25) is 0 Å². The molecule has 0 fully saturated rings. The van der Waals surface area contributed by atoms with Crippen LogP contribution in [-0.4, -0.2) is 25.4 Å². The molecule has 0 bridgehead atoms. The molecule has 100 valence electrons. The standard InChI is InChI=1S/C13H16N4OS/c1-10-5-6-12(9-16-10)11(2)19(3,18)17-13-14-7-4-8-15-13/h4-9,11H,1-3H3. The van der Waals surface area contributed by atoms with Crippen molar-refractivity contribution in [3.05, 3.63) is 48.0 Å². The molecule has 5 nitrogen and oxygen atoms in total. The van der Waals surface area contributed by atoms with Crippen LogP contribution >= 0.6 is 0 Å². The Balaban J connectivity index is 2.36. The number of rotatable bonds is 3. The minimum Gasteiger partial charge on any atom is -0.261 e. The first-order valence-corrected chi connectivity index (χ1v) is 7.88. The van der Waals surface area contributed by atoms with E-state index in [1.165, 1.54) is 0 Å². The Bertz CT molecular complexity index is 661. The summed E-state index contributed by atoms with van der Waals surface area (Å²) in [4.78, 5) is 12.2. The highest BCUT2D eigenvalue weighted by molar-refractivity contribution is 7.93. The SMILES string of the molecule is Cc1ccc(C(C)S(C)(=O)=Nc2ncccn2)cn1. The lowest BCUT2D eigenvalue weighted by Crippen LogP contribution is -2.08. The molecule has 0 saturated carbocycles. The summed E-state index contributed by atoms with van der Waals surface area (Å²) in [5, 5.41) is -0.232. The van der Waals surface area contributed by atoms with Crippen molar-refractivity contribution in [3.8, 4) is 0 Å². The number of pyridine rings is 1. The second kappa shape index (κ2) is 5.44. The summed E-state index contributed by atoms with van der Waals surface area (Å²) < 4.78 is 16.8. The third-order valence-corrected chi connectivity index (χ3v) is 4.98. The smallest absolute Gasteiger partial charge is 0.257 e. The van der Waals surface area contributed by atoms with E-state index in [2.05, 4.69) is 19.3 Å². The number of hydrogen-bond acceptors (Lipinski definition) is 5. The van der Waals surface area contributed by atoms with Crippen LogP contribution in [0.5, 0.6) is 0 Å². The zero-order chi connectivity index (χ0) is 13.9. The van der Waals surface area contributed by atoms with Gasteiger partial charge in [-0.15, -0.1) is 0 Å². The van der Waals surface area contributed by atoms with E-state index in [9.17, 15) is 4.21 Å². The molecule has 0 spiro atoms. The lowest BCUT2D eigenvalue weighted by Gasteiger charge is -2.13. The van der Waals surface area contributed by atoms with Crippen LogP contribution in [0.2, 0.25) is 0 Å². The highest BCUT2D eigenvalue weighted by atomic mass is 32.2. The van der Waals surface area contributed by atoms with Gasteiger partial charge in [0, 0.05) is 30.5 Å². The van der Waals surface area contributed by atoms with Gasteiger partial charge in [0.15, 0.2) is 0 Å². The predicted molar refractivity (Wildman–Crippen MR) is 75.6 cm³/mol. The molecule has 0 aliphatic carbocycles. The van der Waals surface area contributed by atoms with Gasteiger partial charge < -0.3 is 0 Å². The number of hydrogen-bond donors (Lipinski definition) is 0. The summed E-state index contributed by atoms with van der Waals surface area (Å²) >= 11 is 0. The Kier molecular flexibility index (Phi) is 3.90. The number of aryl methyl sites for hydroxylation is 1. The molecular formula is C13H16N4OS. The minimum absolute atomic E-state index is 0.232. The fraction of sp³-hybridized carbons (Fsp3) is 0.308. The molecule has 6 heteroatoms. The van der Waals surface area contributed by atoms with Gasteiger partial charge in [0.05, 0.1) is 15.0 Å². The molecule has 2 rings (SSSR count). The molecule has 19 heavy (non-hydrogen) atoms. The Hall–Kier alpha value is -1.82. The van der Waals surface area contributed by atoms with Crippen LogP contribution in [0.1, 0.15) is 23.4 Å². The monoisotopic (exact) mass is 276 g/mol. The molecule has 0 aliphatic heterocycles. The van der Waals surface area contributed by atoms with E-state index in [-0.39, 0.29) is 11.2 Å². The summed E-state index contributed by atoms with van der Waals surface area (Å²) in [6.07, 6.45) is 6.53. The molecule has 2 unspecified atom stereocenters. The molecule has 0 saturated heterocycles. The summed E-state index contributed by atoms with van der Waals surface area (Å²) in [5.74, 6) is 0.252. The fourth-order valence-corrected chi connectivity index (χ4v) is 2.77. The van der Waals surface area contributed by atoms with Crippen LogP contribution in [0, 0.1) is 6.92 Å². The Morgan fingerprint density at radius 1 is 1.21 bits per heavy atom. The third-order valence-electron chi connectivity index (χ3n) is 2.87. The van der Waals surface area contributed by atoms with E-state index in [1.807, 2.05) is 26.0 Å². The van der Waals surface area contributed by atoms with Crippen molar-refractivity contribution >= 4 is 15.7 Å². The van der Waals surface area contributed by atoms with Crippen molar-refractivity contribution in [3.63, 3.8) is 0 Å². The van der Waals surface area contributed by atoms with E-state index in [0.29, 0.717) is 0 Å². The van der Waals surface area contributed by atoms with Crippen LogP contribution < -0.4 is 0 Å². The molecule has 2 aromatic heterocycles. The van der Waals surface area contributed by atoms with E-state index in [1.54, 1.807) is 30.9 Å². The first kappa shape index (κ1) is 13.6. The second-order valence-electron chi connectivity index (χ2n) is 4.38. The van der Waals surface area contributed by atoms with Crippen molar-refractivity contribution in [2.24, 2.45) is 4.36 Å². The van der Waals surface area contributed by atoms with Crippen LogP contribution in [0.4, 0.5) is 5.95 Å². The molecule has 0 radical (unpaired) electrons. The molecule has 0 N–H and O–H groups in total. The van der Waals surface area contributed by atoms with Crippen LogP contribution in [0.15, 0.2) is 41.2 Å². The third kappa shape index (κ3) is 3.35. The number of aromatic nitrogens is 3. The van der Waals surface area contributed by atoms with Gasteiger partial charge in [0.1, 0.15) is 0 Å². The Morgan fingerprint density at radius 3 is 2.47 bits per heavy atom. The van der Waals surface area contributed by atoms with Crippen LogP contribution in [0.3, 0.4) is 0 Å². The van der Waals surface area contributed by atoms with Gasteiger partial charge in [0.25, 0.3) is 5.95 Å². The van der Waals surface area contributed by atoms with E-state index >= 15 is 0 Å². The first-order chi connectivity index (χ1) is 8.99. The van der Waals surface area contributed by atoms with Crippen LogP contribution in [-0.2, 0) is 9.73 Å². The predicted octanol–water partition coefficient (Wildman–Crippen LogP) is 2.67. The highest BCUT2D eigenvalue weighted by Crippen LogP contribution is 2.24. The van der Waals surface area contributed by atoms with Gasteiger partial charge in [-0.25, -0.2) is 14.2 Å². The second-order valence-corrected chi connectivity index (χ2v) is 6.99. The molecule has 2 heterocycles. The maximum absolute atomic E-state index is 12.7. The van der Waals surface area contributed by atoms with Gasteiger partial charge in [-0.1, -0.05) is 6.07 Å². The Morgan fingerprint density at radius 2 is 1.89 bits per heavy atom. The maximum Gasteiger partial charge on any atom is 0.257 e. The number of nitrogens with zero attached hydrogens (tertiary/aromatic N) is 4. The van der Waals surface area contributed by atoms with Crippen molar-refractivity contribution in [2.75, 3.05) is 6.26 Å². The van der Waals surface area contributed by atoms with Crippen molar-refractivity contribution in [1.82, 2.24) is 15.0 Å². The van der Waals surface area contributed by atoms with E-state index < -0.39 is 9.73 Å². The fourth-order valence-electron chi connectivity index (χ4n) is 1.55. The lowest BCUT2D eigenvalue weighted by atomic mass is 10.2. The minimum atomic E-state index is -2.47. The lowest BCUT2D eigenvalue weighted by molar-refractivity contribution is 0.672. The average molecular weight is 276 g/mol. The highest BCUT2D eigenvalue weighted by Gasteiger charge is 2.17. The maximum atomic E-state index is 12.7. The van der Waals surface area contributed by atoms with Crippen molar-refractivity contribution < 1.29 is 4.21 Å². The molecular weight excluding hydrogens is 260 g/mol. The molecule has 0 aromatic carbocycles. The van der Waals surface area contributed by atoms with Crippen molar-refractivity contribution in [2.45, 2.75) is 19.1 Å². The van der Waals surface area contributed by atoms with Gasteiger partial charge in [-0.2, -0.15) is 4.36 Å². The average Bonchev–Trinajstić information content (AvgIpc) is 2.39. The molecule has 0 amide bonds. The quantitative estimate of drug-likeness (QED) is 0.864. The summed E-state index contributed by atoms with van der Waals surface area (Å²) in [7, 11) is -2.47. The topological polar surface area (TPSA) is 68.1 Å². The normalized spacial score (nSPS) is 15.5. The van der Waals surface area contributed by atoms with Gasteiger partial charge >= 0.3 is 0 Å². The first-order valence-electron chi connectivity index (χ1n) is 5.89. The molecule has 2 atom stereocenters. The summed E-state index contributed by atoms with van der Waals surface area (Å²) in [6.45, 7) is 3.79. The summed E-state index contributed by atoms with van der Waals surface area (Å²) in [6, 6.07) is 5.53. The molecule has 2 aromatic rings. The molecule has 0 aliphatic rings. The zero-order valence-corrected chi connectivity index (χ0v) is 12.0. The van der Waals surface area contributed by atoms with Gasteiger partial charge in [-0.05, 0) is 31.5 Å². The largest absolute Gasteiger partial charge is 0.261 e. The van der Waals surface area contributed by atoms with Gasteiger partial charge in [-0.3, -0.25) is 4.98 Å². The summed E-state index contributed by atoms with van der Waals surface area (Å²) in [5.41, 5.74) is 1.83. The van der Waals surface area contributed by atoms with Crippen LogP contribution in [0.25, 0.3) is 0 Å². The van der Waals surface area contributed by atoms with E-state index in [4.69, 9.17) is 0 Å².